The second-order valence-electron chi connectivity index (χ2n) is 12.6. The van der Waals surface area contributed by atoms with Crippen molar-refractivity contribution >= 4 is 0 Å². The van der Waals surface area contributed by atoms with E-state index in [0.717, 1.165) is 44.8 Å². The van der Waals surface area contributed by atoms with Gasteiger partial charge in [-0.3, -0.25) is 0 Å². The molecule has 0 amide bonds. The number of benzene rings is 6. The third kappa shape index (κ3) is 5.11. The summed E-state index contributed by atoms with van der Waals surface area (Å²) in [5.41, 5.74) is 15.0. The van der Waals surface area contributed by atoms with Crippen molar-refractivity contribution in [2.45, 2.75) is 19.3 Å². The van der Waals surface area contributed by atoms with Crippen LogP contribution < -0.4 is 0 Å². The summed E-state index contributed by atoms with van der Waals surface area (Å²) < 4.78 is 0. The SMILES string of the molecule is CC1(C)c2ccc(C#N)cc2-c2cc(-c3ccc(-c4cc(-c5ccc(-c6ccccc6)cc5)nc(-c5ccccc5)n4)cc3)ccc21. The first-order valence-electron chi connectivity index (χ1n) is 15.9. The molecule has 0 unspecified atom stereocenters. The van der Waals surface area contributed by atoms with Crippen LogP contribution in [0.25, 0.3) is 67.3 Å². The van der Waals surface area contributed by atoms with Crippen molar-refractivity contribution in [1.82, 2.24) is 9.97 Å². The van der Waals surface area contributed by atoms with Crippen molar-refractivity contribution in [1.29, 1.82) is 5.26 Å². The maximum Gasteiger partial charge on any atom is 0.160 e. The summed E-state index contributed by atoms with van der Waals surface area (Å²) in [5.74, 6) is 0.700. The highest BCUT2D eigenvalue weighted by molar-refractivity contribution is 5.85. The molecule has 0 atom stereocenters. The van der Waals surface area contributed by atoms with E-state index in [-0.39, 0.29) is 5.41 Å². The van der Waals surface area contributed by atoms with Crippen LogP contribution in [-0.2, 0) is 5.41 Å². The fourth-order valence-electron chi connectivity index (χ4n) is 6.78. The molecule has 1 aliphatic carbocycles. The number of nitrogens with zero attached hydrogens (tertiary/aromatic N) is 3. The molecule has 0 fully saturated rings. The molecule has 7 aromatic rings. The van der Waals surface area contributed by atoms with Gasteiger partial charge in [0.1, 0.15) is 0 Å². The molecule has 0 bridgehead atoms. The summed E-state index contributed by atoms with van der Waals surface area (Å²) in [6.45, 7) is 4.52. The van der Waals surface area contributed by atoms with Crippen LogP contribution in [0.1, 0.15) is 30.5 Å². The minimum atomic E-state index is -0.107. The van der Waals surface area contributed by atoms with Crippen molar-refractivity contribution in [3.8, 4) is 73.4 Å². The van der Waals surface area contributed by atoms with E-state index < -0.39 is 0 Å². The lowest BCUT2D eigenvalue weighted by atomic mass is 9.82. The molecule has 0 spiro atoms. The largest absolute Gasteiger partial charge is 0.228 e. The van der Waals surface area contributed by atoms with E-state index in [1.165, 1.54) is 27.8 Å². The second kappa shape index (κ2) is 11.4. The number of rotatable bonds is 5. The van der Waals surface area contributed by atoms with Crippen LogP contribution in [0.2, 0.25) is 0 Å². The zero-order valence-corrected chi connectivity index (χ0v) is 26.3. The van der Waals surface area contributed by atoms with Gasteiger partial charge < -0.3 is 0 Å². The maximum absolute atomic E-state index is 9.56. The van der Waals surface area contributed by atoms with Gasteiger partial charge in [-0.15, -0.1) is 0 Å². The van der Waals surface area contributed by atoms with Crippen molar-refractivity contribution in [2.24, 2.45) is 0 Å². The Bertz CT molecular complexity index is 2300. The van der Waals surface area contributed by atoms with E-state index >= 15 is 0 Å². The van der Waals surface area contributed by atoms with Gasteiger partial charge in [-0.25, -0.2) is 9.97 Å². The molecule has 6 aromatic carbocycles. The Balaban J connectivity index is 1.16. The van der Waals surface area contributed by atoms with E-state index in [1.807, 2.05) is 36.4 Å². The summed E-state index contributed by atoms with van der Waals surface area (Å²) in [6, 6.07) is 55.0. The Hall–Kier alpha value is -6.11. The van der Waals surface area contributed by atoms with Crippen LogP contribution in [0.5, 0.6) is 0 Å². The van der Waals surface area contributed by atoms with Crippen molar-refractivity contribution in [3.63, 3.8) is 0 Å². The van der Waals surface area contributed by atoms with Gasteiger partial charge >= 0.3 is 0 Å². The van der Waals surface area contributed by atoms with Gasteiger partial charge in [0.2, 0.25) is 0 Å². The molecular formula is C44H31N3. The van der Waals surface area contributed by atoms with E-state index in [1.54, 1.807) is 0 Å². The molecule has 0 N–H and O–H groups in total. The van der Waals surface area contributed by atoms with Crippen LogP contribution in [0.4, 0.5) is 0 Å². The highest BCUT2D eigenvalue weighted by Crippen LogP contribution is 2.50. The minimum Gasteiger partial charge on any atom is -0.228 e. The summed E-state index contributed by atoms with van der Waals surface area (Å²) in [7, 11) is 0. The number of hydrogen-bond donors (Lipinski definition) is 0. The molecule has 1 aliphatic rings. The zero-order chi connectivity index (χ0) is 32.0. The number of nitriles is 1. The normalized spacial score (nSPS) is 12.6. The fraction of sp³-hybridized carbons (Fsp3) is 0.0682. The van der Waals surface area contributed by atoms with Crippen LogP contribution in [0, 0.1) is 11.3 Å². The first-order chi connectivity index (χ1) is 23.0. The van der Waals surface area contributed by atoms with Crippen LogP contribution in [0.3, 0.4) is 0 Å². The van der Waals surface area contributed by atoms with Crippen molar-refractivity contribution < 1.29 is 0 Å². The fourth-order valence-corrected chi connectivity index (χ4v) is 6.78. The molecule has 3 heteroatoms. The van der Waals surface area contributed by atoms with E-state index in [2.05, 4.69) is 135 Å². The van der Waals surface area contributed by atoms with Gasteiger partial charge in [-0.05, 0) is 68.8 Å². The topological polar surface area (TPSA) is 49.6 Å². The molecule has 3 nitrogen and oxygen atoms in total. The van der Waals surface area contributed by atoms with Gasteiger partial charge in [-0.1, -0.05) is 141 Å². The molecule has 47 heavy (non-hydrogen) atoms. The molecule has 0 radical (unpaired) electrons. The Kier molecular flexibility index (Phi) is 6.85. The average molecular weight is 602 g/mol. The lowest BCUT2D eigenvalue weighted by molar-refractivity contribution is 0.660. The molecule has 8 rings (SSSR count). The van der Waals surface area contributed by atoms with Crippen LogP contribution in [0.15, 0.2) is 152 Å². The summed E-state index contributed by atoms with van der Waals surface area (Å²) in [4.78, 5) is 10.0. The lowest BCUT2D eigenvalue weighted by Crippen LogP contribution is -2.14. The molecular weight excluding hydrogens is 571 g/mol. The Morgan fingerprint density at radius 1 is 0.447 bits per heavy atom. The number of fused-ring (bicyclic) bond motifs is 3. The standard InChI is InChI=1S/C44H31N3/c1-44(2)39-23-13-29(28-45)25-37(39)38-26-36(22-24-40(38)44)32-16-20-34(21-17-32)42-27-41(46-43(47-42)35-11-7-4-8-12-35)33-18-14-31(15-19-33)30-9-5-3-6-10-30/h3-27H,1-2H3. The smallest absolute Gasteiger partial charge is 0.160 e. The Morgan fingerprint density at radius 3 is 1.47 bits per heavy atom. The number of hydrogen-bond acceptors (Lipinski definition) is 3. The summed E-state index contributed by atoms with van der Waals surface area (Å²) in [6.07, 6.45) is 0. The van der Waals surface area contributed by atoms with Gasteiger partial charge in [-0.2, -0.15) is 5.26 Å². The van der Waals surface area contributed by atoms with E-state index in [9.17, 15) is 5.26 Å². The van der Waals surface area contributed by atoms with Gasteiger partial charge in [0.15, 0.2) is 5.82 Å². The first kappa shape index (κ1) is 28.4. The van der Waals surface area contributed by atoms with E-state index in [0.29, 0.717) is 11.4 Å². The third-order valence-electron chi connectivity index (χ3n) is 9.37. The Morgan fingerprint density at radius 2 is 0.894 bits per heavy atom. The summed E-state index contributed by atoms with van der Waals surface area (Å²) in [5, 5.41) is 9.56. The molecule has 0 saturated heterocycles. The molecule has 1 heterocycles. The lowest BCUT2D eigenvalue weighted by Gasteiger charge is -2.21. The first-order valence-corrected chi connectivity index (χ1v) is 15.9. The Labute approximate surface area is 275 Å². The van der Waals surface area contributed by atoms with Crippen LogP contribution >= 0.6 is 0 Å². The third-order valence-corrected chi connectivity index (χ3v) is 9.37. The molecule has 222 valence electrons. The monoisotopic (exact) mass is 601 g/mol. The second-order valence-corrected chi connectivity index (χ2v) is 12.6. The highest BCUT2D eigenvalue weighted by atomic mass is 14.9. The van der Waals surface area contributed by atoms with Crippen molar-refractivity contribution in [3.05, 3.63) is 168 Å². The predicted molar refractivity (Wildman–Crippen MR) is 191 cm³/mol. The van der Waals surface area contributed by atoms with E-state index in [4.69, 9.17) is 9.97 Å². The molecule has 1 aromatic heterocycles. The number of aromatic nitrogens is 2. The molecule has 0 aliphatic heterocycles. The van der Waals surface area contributed by atoms with Gasteiger partial charge in [0.05, 0.1) is 23.0 Å². The van der Waals surface area contributed by atoms with Gasteiger partial charge in [0, 0.05) is 22.1 Å². The predicted octanol–water partition coefficient (Wildman–Crippen LogP) is 11.0. The van der Waals surface area contributed by atoms with Gasteiger partial charge in [0.25, 0.3) is 0 Å². The van der Waals surface area contributed by atoms with Crippen LogP contribution in [-0.4, -0.2) is 9.97 Å². The zero-order valence-electron chi connectivity index (χ0n) is 26.3. The van der Waals surface area contributed by atoms with Crippen molar-refractivity contribution in [2.75, 3.05) is 0 Å². The maximum atomic E-state index is 9.56. The summed E-state index contributed by atoms with van der Waals surface area (Å²) >= 11 is 0. The molecule has 0 saturated carbocycles. The quantitative estimate of drug-likeness (QED) is 0.197. The minimum absolute atomic E-state index is 0.107. The highest BCUT2D eigenvalue weighted by Gasteiger charge is 2.35. The average Bonchev–Trinajstić information content (AvgIpc) is 3.37.